The number of phenolic OH excluding ortho intramolecular Hbond substituents is 2. The molecule has 0 spiro atoms. The number of hydrogen-bond acceptors (Lipinski definition) is 13. The number of hydrogen-bond donors (Lipinski definition) is 12. The predicted octanol–water partition coefficient (Wildman–Crippen LogP) is -1.91. The standard InChI is InChI=1S/C42H59N9O12S/c1-22(2)17-31(46-34(54)20-43)42(63)51-16-4-5-33(51)41(62)49-30(19-25-8-12-27(53)13-9-25)39(60)47-28(14-15-35(55)56)38(59)45-23(3)37(58)48-29(18-24-6-10-26(52)11-7-24)40(61)50-32(21-64)36(44)57/h6-13,22-23,28-33,52-53,64H,4-5,14-21,43H2,1-3H3,(H2,44,57)(H,45,59)(H,46,54)(H,47,60)(H,48,58)(H,49,62)(H,50,61)(H,55,56)/t23-,28-,29-,30-,31-,32-,33-/m0/s1. The van der Waals surface area contributed by atoms with Crippen LogP contribution in [0.15, 0.2) is 48.5 Å². The zero-order valence-electron chi connectivity index (χ0n) is 35.9. The maximum absolute atomic E-state index is 14.1. The van der Waals surface area contributed by atoms with E-state index in [4.69, 9.17) is 11.5 Å². The first-order chi connectivity index (χ1) is 30.2. The highest BCUT2D eigenvalue weighted by Gasteiger charge is 2.39. The van der Waals surface area contributed by atoms with Crippen molar-refractivity contribution in [1.29, 1.82) is 0 Å². The van der Waals surface area contributed by atoms with Crippen molar-refractivity contribution in [3.8, 4) is 11.5 Å². The van der Waals surface area contributed by atoms with Crippen molar-refractivity contribution in [1.82, 2.24) is 36.8 Å². The molecular weight excluding hydrogens is 855 g/mol. The monoisotopic (exact) mass is 913 g/mol. The number of rotatable bonds is 24. The molecule has 3 rings (SSSR count). The molecule has 1 aliphatic heterocycles. The number of carboxylic acid groups (broad SMARTS) is 1. The van der Waals surface area contributed by atoms with Gasteiger partial charge in [0, 0.05) is 31.6 Å². The van der Waals surface area contributed by atoms with Crippen LogP contribution in [-0.2, 0) is 56.0 Å². The van der Waals surface area contributed by atoms with Gasteiger partial charge in [-0.25, -0.2) is 0 Å². The first-order valence-electron chi connectivity index (χ1n) is 20.7. The number of benzene rings is 2. The Labute approximate surface area is 375 Å². The van der Waals surface area contributed by atoms with E-state index < -0.39 is 108 Å². The summed E-state index contributed by atoms with van der Waals surface area (Å²) in [6.07, 6.45) is -0.433. The van der Waals surface area contributed by atoms with Gasteiger partial charge < -0.3 is 63.6 Å². The number of nitrogens with zero attached hydrogens (tertiary/aromatic N) is 1. The lowest BCUT2D eigenvalue weighted by atomic mass is 10.0. The molecule has 2 aromatic rings. The van der Waals surface area contributed by atoms with Crippen molar-refractivity contribution in [3.05, 3.63) is 59.7 Å². The highest BCUT2D eigenvalue weighted by Crippen LogP contribution is 2.21. The highest BCUT2D eigenvalue weighted by molar-refractivity contribution is 7.80. The Bertz CT molecular complexity index is 1990. The van der Waals surface area contributed by atoms with E-state index in [1.54, 1.807) is 0 Å². The van der Waals surface area contributed by atoms with Gasteiger partial charge in [-0.1, -0.05) is 38.1 Å². The number of carbonyl (C=O) groups excluding carboxylic acids is 8. The molecule has 0 radical (unpaired) electrons. The second-order valence-electron chi connectivity index (χ2n) is 15.9. The fraction of sp³-hybridized carbons (Fsp3) is 0.500. The number of primary amides is 1. The lowest BCUT2D eigenvalue weighted by Crippen LogP contribution is -2.60. The third-order valence-corrected chi connectivity index (χ3v) is 10.6. The molecule has 0 aliphatic carbocycles. The molecule has 350 valence electrons. The van der Waals surface area contributed by atoms with E-state index in [9.17, 15) is 58.5 Å². The van der Waals surface area contributed by atoms with Gasteiger partial charge >= 0.3 is 5.97 Å². The van der Waals surface area contributed by atoms with E-state index >= 15 is 0 Å². The first-order valence-corrected chi connectivity index (χ1v) is 21.4. The number of thiol groups is 1. The maximum atomic E-state index is 14.1. The van der Waals surface area contributed by atoms with E-state index in [2.05, 4.69) is 44.5 Å². The summed E-state index contributed by atoms with van der Waals surface area (Å²) in [5.41, 5.74) is 11.8. The minimum atomic E-state index is -1.58. The van der Waals surface area contributed by atoms with Crippen LogP contribution in [0.1, 0.15) is 64.0 Å². The summed E-state index contributed by atoms with van der Waals surface area (Å²) in [7, 11) is 0. The third kappa shape index (κ3) is 16.4. The van der Waals surface area contributed by atoms with Gasteiger partial charge in [-0.05, 0) is 73.9 Å². The van der Waals surface area contributed by atoms with Gasteiger partial charge in [-0.2, -0.15) is 12.6 Å². The van der Waals surface area contributed by atoms with Crippen molar-refractivity contribution in [2.75, 3.05) is 18.8 Å². The van der Waals surface area contributed by atoms with E-state index in [0.717, 1.165) is 0 Å². The Morgan fingerprint density at radius 1 is 0.703 bits per heavy atom. The fourth-order valence-electron chi connectivity index (χ4n) is 6.84. The summed E-state index contributed by atoms with van der Waals surface area (Å²) in [4.78, 5) is 119. The Morgan fingerprint density at radius 2 is 1.20 bits per heavy atom. The van der Waals surface area contributed by atoms with Crippen LogP contribution in [0.4, 0.5) is 0 Å². The number of carboxylic acids is 1. The highest BCUT2D eigenvalue weighted by atomic mass is 32.1. The summed E-state index contributed by atoms with van der Waals surface area (Å²) in [5, 5.41) is 44.2. The molecule has 0 saturated carbocycles. The average Bonchev–Trinajstić information content (AvgIpc) is 3.74. The Balaban J connectivity index is 1.85. The average molecular weight is 914 g/mol. The van der Waals surface area contributed by atoms with E-state index in [1.165, 1.54) is 60.4 Å². The number of phenols is 2. The summed E-state index contributed by atoms with van der Waals surface area (Å²) in [6, 6.07) is 2.54. The predicted molar refractivity (Wildman–Crippen MR) is 234 cm³/mol. The van der Waals surface area contributed by atoms with Gasteiger partial charge in [0.15, 0.2) is 0 Å². The second-order valence-corrected chi connectivity index (χ2v) is 16.2. The fourth-order valence-corrected chi connectivity index (χ4v) is 7.11. The molecule has 1 heterocycles. The minimum absolute atomic E-state index is 0.00961. The Morgan fingerprint density at radius 3 is 1.69 bits per heavy atom. The van der Waals surface area contributed by atoms with Gasteiger partial charge in [0.05, 0.1) is 6.54 Å². The molecule has 1 aliphatic rings. The number of carbonyl (C=O) groups is 9. The van der Waals surface area contributed by atoms with Crippen molar-refractivity contribution >= 4 is 65.9 Å². The zero-order chi connectivity index (χ0) is 47.7. The minimum Gasteiger partial charge on any atom is -0.508 e. The molecule has 7 atom stereocenters. The lowest BCUT2D eigenvalue weighted by molar-refractivity contribution is -0.142. The first kappa shape index (κ1) is 51.9. The van der Waals surface area contributed by atoms with Crippen LogP contribution in [0.25, 0.3) is 0 Å². The molecule has 13 N–H and O–H groups in total. The number of amides is 8. The zero-order valence-corrected chi connectivity index (χ0v) is 36.8. The number of aliphatic carboxylic acids is 1. The Hall–Kier alpha value is -6.42. The Kier molecular flexibility index (Phi) is 20.3. The van der Waals surface area contributed by atoms with Gasteiger partial charge in [0.2, 0.25) is 47.3 Å². The molecular formula is C42H59N9O12S. The van der Waals surface area contributed by atoms with Gasteiger partial charge in [-0.3, -0.25) is 43.2 Å². The number of aromatic hydroxyl groups is 2. The quantitative estimate of drug-likeness (QED) is 0.0513. The summed E-state index contributed by atoms with van der Waals surface area (Å²) in [6.45, 7) is 4.83. The van der Waals surface area contributed by atoms with Crippen molar-refractivity contribution in [2.45, 2.75) is 108 Å². The summed E-state index contributed by atoms with van der Waals surface area (Å²) < 4.78 is 0. The molecule has 64 heavy (non-hydrogen) atoms. The lowest BCUT2D eigenvalue weighted by Gasteiger charge is -2.31. The van der Waals surface area contributed by atoms with Gasteiger partial charge in [-0.15, -0.1) is 0 Å². The number of nitrogens with two attached hydrogens (primary N) is 2. The van der Waals surface area contributed by atoms with Crippen LogP contribution < -0.4 is 43.4 Å². The van der Waals surface area contributed by atoms with Crippen LogP contribution in [0.5, 0.6) is 11.5 Å². The summed E-state index contributed by atoms with van der Waals surface area (Å²) >= 11 is 4.03. The number of nitrogens with one attached hydrogen (secondary N) is 6. The molecule has 0 aromatic heterocycles. The largest absolute Gasteiger partial charge is 0.508 e. The van der Waals surface area contributed by atoms with E-state index in [-0.39, 0.29) is 61.9 Å². The normalized spacial score (nSPS) is 16.2. The van der Waals surface area contributed by atoms with Gasteiger partial charge in [0.25, 0.3) is 0 Å². The van der Waals surface area contributed by atoms with Crippen molar-refractivity contribution < 1.29 is 58.5 Å². The van der Waals surface area contributed by atoms with Gasteiger partial charge in [0.1, 0.15) is 53.8 Å². The molecule has 22 heteroatoms. The smallest absolute Gasteiger partial charge is 0.303 e. The maximum Gasteiger partial charge on any atom is 0.303 e. The number of likely N-dealkylation sites (tertiary alicyclic amines) is 1. The molecule has 0 bridgehead atoms. The molecule has 8 amide bonds. The molecule has 21 nitrogen and oxygen atoms in total. The molecule has 0 unspecified atom stereocenters. The van der Waals surface area contributed by atoms with Crippen LogP contribution in [0.3, 0.4) is 0 Å². The van der Waals surface area contributed by atoms with Crippen LogP contribution in [0.2, 0.25) is 0 Å². The summed E-state index contributed by atoms with van der Waals surface area (Å²) in [5.74, 6) is -7.86. The van der Waals surface area contributed by atoms with Crippen LogP contribution >= 0.6 is 12.6 Å². The van der Waals surface area contributed by atoms with Crippen molar-refractivity contribution in [3.63, 3.8) is 0 Å². The molecule has 2 aromatic carbocycles. The topological polar surface area (TPSA) is 342 Å². The van der Waals surface area contributed by atoms with E-state index in [1.807, 2.05) is 13.8 Å². The molecule has 1 saturated heterocycles. The van der Waals surface area contributed by atoms with E-state index in [0.29, 0.717) is 17.5 Å². The SMILES string of the molecule is CC(C)C[C@H](NC(=O)CN)C(=O)N1CCC[C@H]1C(=O)N[C@@H](Cc1ccc(O)cc1)C(=O)N[C@@H](CCC(=O)O)C(=O)N[C@@H](C)C(=O)N[C@@H](Cc1ccc(O)cc1)C(=O)N[C@@H](CS)C(N)=O. The second kappa shape index (κ2) is 25.0. The van der Waals surface area contributed by atoms with Crippen LogP contribution in [-0.4, -0.2) is 135 Å². The third-order valence-electron chi connectivity index (χ3n) is 10.3. The van der Waals surface area contributed by atoms with Crippen LogP contribution in [0, 0.1) is 5.92 Å². The van der Waals surface area contributed by atoms with Crippen molar-refractivity contribution in [2.24, 2.45) is 17.4 Å². The molecule has 1 fully saturated rings.